The SMILES string of the molecule is CCN(CC1CCNCC1)CC(C)C(N)=O. The van der Waals surface area contributed by atoms with Gasteiger partial charge in [0.25, 0.3) is 0 Å². The molecular formula is C12H25N3O. The van der Waals surface area contributed by atoms with Crippen LogP contribution >= 0.6 is 0 Å². The lowest BCUT2D eigenvalue weighted by Crippen LogP contribution is -2.40. The second-order valence-corrected chi connectivity index (χ2v) is 4.85. The number of hydrogen-bond acceptors (Lipinski definition) is 3. The molecule has 0 aromatic heterocycles. The average molecular weight is 227 g/mol. The number of hydrogen-bond donors (Lipinski definition) is 2. The van der Waals surface area contributed by atoms with Crippen molar-refractivity contribution in [1.82, 2.24) is 10.2 Å². The summed E-state index contributed by atoms with van der Waals surface area (Å²) < 4.78 is 0. The van der Waals surface area contributed by atoms with Gasteiger partial charge in [-0.15, -0.1) is 0 Å². The Kier molecular flexibility index (Phi) is 5.77. The quantitative estimate of drug-likeness (QED) is 0.692. The maximum absolute atomic E-state index is 11.0. The van der Waals surface area contributed by atoms with Crippen molar-refractivity contribution in [3.63, 3.8) is 0 Å². The van der Waals surface area contributed by atoms with Gasteiger partial charge in [-0.2, -0.15) is 0 Å². The van der Waals surface area contributed by atoms with Gasteiger partial charge in [-0.05, 0) is 38.4 Å². The van der Waals surface area contributed by atoms with Crippen molar-refractivity contribution < 1.29 is 4.79 Å². The minimum Gasteiger partial charge on any atom is -0.369 e. The Hall–Kier alpha value is -0.610. The van der Waals surface area contributed by atoms with Gasteiger partial charge in [0, 0.05) is 19.0 Å². The molecule has 0 aliphatic carbocycles. The van der Waals surface area contributed by atoms with Gasteiger partial charge in [-0.1, -0.05) is 13.8 Å². The van der Waals surface area contributed by atoms with E-state index in [1.807, 2.05) is 6.92 Å². The first-order valence-corrected chi connectivity index (χ1v) is 6.35. The van der Waals surface area contributed by atoms with Gasteiger partial charge in [0.05, 0.1) is 0 Å². The molecule has 4 heteroatoms. The number of rotatable bonds is 6. The average Bonchev–Trinajstić information content (AvgIpc) is 2.29. The van der Waals surface area contributed by atoms with E-state index in [4.69, 9.17) is 5.73 Å². The molecule has 1 amide bonds. The minimum atomic E-state index is -0.191. The smallest absolute Gasteiger partial charge is 0.221 e. The molecule has 1 aliphatic heterocycles. The maximum atomic E-state index is 11.0. The molecule has 1 aliphatic rings. The van der Waals surface area contributed by atoms with Gasteiger partial charge in [0.15, 0.2) is 0 Å². The Morgan fingerprint density at radius 2 is 2.12 bits per heavy atom. The van der Waals surface area contributed by atoms with Gasteiger partial charge in [-0.3, -0.25) is 4.79 Å². The zero-order chi connectivity index (χ0) is 12.0. The number of nitrogens with two attached hydrogens (primary N) is 1. The van der Waals surface area contributed by atoms with Crippen molar-refractivity contribution >= 4 is 5.91 Å². The Morgan fingerprint density at radius 3 is 2.62 bits per heavy atom. The van der Waals surface area contributed by atoms with E-state index < -0.39 is 0 Å². The molecule has 0 aromatic rings. The monoisotopic (exact) mass is 227 g/mol. The molecule has 1 fully saturated rings. The van der Waals surface area contributed by atoms with Gasteiger partial charge >= 0.3 is 0 Å². The van der Waals surface area contributed by atoms with Crippen molar-refractivity contribution in [3.8, 4) is 0 Å². The third-order valence-electron chi connectivity index (χ3n) is 3.44. The van der Waals surface area contributed by atoms with Crippen molar-refractivity contribution in [2.45, 2.75) is 26.7 Å². The van der Waals surface area contributed by atoms with Crippen molar-refractivity contribution in [2.75, 3.05) is 32.7 Å². The highest BCUT2D eigenvalue weighted by molar-refractivity contribution is 5.76. The molecule has 1 rings (SSSR count). The molecule has 1 unspecified atom stereocenters. The highest BCUT2D eigenvalue weighted by Gasteiger charge is 2.19. The summed E-state index contributed by atoms with van der Waals surface area (Å²) in [5, 5.41) is 3.37. The lowest BCUT2D eigenvalue weighted by atomic mass is 9.97. The van der Waals surface area contributed by atoms with E-state index in [0.29, 0.717) is 0 Å². The van der Waals surface area contributed by atoms with E-state index in [-0.39, 0.29) is 11.8 Å². The number of carbonyl (C=O) groups excluding carboxylic acids is 1. The van der Waals surface area contributed by atoms with E-state index in [2.05, 4.69) is 17.1 Å². The molecule has 0 saturated carbocycles. The van der Waals surface area contributed by atoms with Crippen LogP contribution in [0.5, 0.6) is 0 Å². The fraction of sp³-hybridized carbons (Fsp3) is 0.917. The van der Waals surface area contributed by atoms with Crippen LogP contribution in [-0.4, -0.2) is 43.5 Å². The third-order valence-corrected chi connectivity index (χ3v) is 3.44. The summed E-state index contributed by atoms with van der Waals surface area (Å²) >= 11 is 0. The molecule has 1 atom stereocenters. The number of piperidine rings is 1. The van der Waals surface area contributed by atoms with E-state index in [1.54, 1.807) is 0 Å². The number of nitrogens with one attached hydrogen (secondary N) is 1. The Bertz CT molecular complexity index is 214. The summed E-state index contributed by atoms with van der Waals surface area (Å²) in [5.74, 6) is 0.548. The lowest BCUT2D eigenvalue weighted by Gasteiger charge is -2.30. The van der Waals surface area contributed by atoms with Crippen LogP contribution < -0.4 is 11.1 Å². The highest BCUT2D eigenvalue weighted by Crippen LogP contribution is 2.14. The molecule has 4 nitrogen and oxygen atoms in total. The first-order chi connectivity index (χ1) is 7.63. The van der Waals surface area contributed by atoms with E-state index in [1.165, 1.54) is 12.8 Å². The van der Waals surface area contributed by atoms with Crippen LogP contribution in [0.25, 0.3) is 0 Å². The van der Waals surface area contributed by atoms with Crippen LogP contribution in [0.2, 0.25) is 0 Å². The van der Waals surface area contributed by atoms with Crippen molar-refractivity contribution in [1.29, 1.82) is 0 Å². The standard InChI is InChI=1S/C12H25N3O/c1-3-15(8-10(2)12(13)16)9-11-4-6-14-7-5-11/h10-11,14H,3-9H2,1-2H3,(H2,13,16). The summed E-state index contributed by atoms with van der Waals surface area (Å²) in [5.41, 5.74) is 5.30. The zero-order valence-electron chi connectivity index (χ0n) is 10.5. The Labute approximate surface area is 98.6 Å². The first-order valence-electron chi connectivity index (χ1n) is 6.35. The number of primary amides is 1. The van der Waals surface area contributed by atoms with E-state index >= 15 is 0 Å². The summed E-state index contributed by atoms with van der Waals surface area (Å²) in [7, 11) is 0. The van der Waals surface area contributed by atoms with Crippen LogP contribution in [0.1, 0.15) is 26.7 Å². The van der Waals surface area contributed by atoms with Gasteiger partial charge in [-0.25, -0.2) is 0 Å². The summed E-state index contributed by atoms with van der Waals surface area (Å²) in [4.78, 5) is 13.4. The predicted octanol–water partition coefficient (Wildman–Crippen LogP) is 0.429. The largest absolute Gasteiger partial charge is 0.369 e. The maximum Gasteiger partial charge on any atom is 0.221 e. The fourth-order valence-corrected chi connectivity index (χ4v) is 2.24. The molecule has 1 saturated heterocycles. The minimum absolute atomic E-state index is 0.0401. The third kappa shape index (κ3) is 4.49. The molecule has 0 spiro atoms. The van der Waals surface area contributed by atoms with Crippen LogP contribution in [0.3, 0.4) is 0 Å². The van der Waals surface area contributed by atoms with E-state index in [0.717, 1.165) is 38.6 Å². The summed E-state index contributed by atoms with van der Waals surface area (Å²) in [6.45, 7) is 9.23. The summed E-state index contributed by atoms with van der Waals surface area (Å²) in [6, 6.07) is 0. The second-order valence-electron chi connectivity index (χ2n) is 4.85. The molecular weight excluding hydrogens is 202 g/mol. The van der Waals surface area contributed by atoms with Gasteiger partial charge < -0.3 is 16.0 Å². The normalized spacial score (nSPS) is 19.9. The van der Waals surface area contributed by atoms with Crippen molar-refractivity contribution in [2.24, 2.45) is 17.6 Å². The first kappa shape index (κ1) is 13.5. The van der Waals surface area contributed by atoms with Crippen LogP contribution in [0, 0.1) is 11.8 Å². The Balaban J connectivity index is 2.32. The number of amides is 1. The molecule has 16 heavy (non-hydrogen) atoms. The van der Waals surface area contributed by atoms with Crippen LogP contribution in [-0.2, 0) is 4.79 Å². The number of nitrogens with zero attached hydrogens (tertiary/aromatic N) is 1. The van der Waals surface area contributed by atoms with Gasteiger partial charge in [0.1, 0.15) is 0 Å². The molecule has 0 aromatic carbocycles. The van der Waals surface area contributed by atoms with E-state index in [9.17, 15) is 4.79 Å². The fourth-order valence-electron chi connectivity index (χ4n) is 2.24. The molecule has 94 valence electrons. The van der Waals surface area contributed by atoms with Crippen molar-refractivity contribution in [3.05, 3.63) is 0 Å². The molecule has 0 bridgehead atoms. The Morgan fingerprint density at radius 1 is 1.50 bits per heavy atom. The summed E-state index contributed by atoms with van der Waals surface area (Å²) in [6.07, 6.45) is 2.50. The molecule has 3 N–H and O–H groups in total. The van der Waals surface area contributed by atoms with Gasteiger partial charge in [0.2, 0.25) is 5.91 Å². The zero-order valence-corrected chi connectivity index (χ0v) is 10.5. The van der Waals surface area contributed by atoms with Crippen LogP contribution in [0.15, 0.2) is 0 Å². The lowest BCUT2D eigenvalue weighted by molar-refractivity contribution is -0.121. The topological polar surface area (TPSA) is 58.4 Å². The number of carbonyl (C=O) groups is 1. The highest BCUT2D eigenvalue weighted by atomic mass is 16.1. The predicted molar refractivity (Wildman–Crippen MR) is 66.1 cm³/mol. The molecule has 0 radical (unpaired) electrons. The van der Waals surface area contributed by atoms with Crippen LogP contribution in [0.4, 0.5) is 0 Å². The molecule has 1 heterocycles. The second kappa shape index (κ2) is 6.86.